The zero-order valence-electron chi connectivity index (χ0n) is 12.5. The summed E-state index contributed by atoms with van der Waals surface area (Å²) in [5.74, 6) is -0.000698. The molecule has 5 heteroatoms. The number of aromatic nitrogens is 1. The van der Waals surface area contributed by atoms with Crippen molar-refractivity contribution in [1.29, 1.82) is 0 Å². The maximum absolute atomic E-state index is 10.9. The van der Waals surface area contributed by atoms with Crippen LogP contribution in [0.25, 0.3) is 0 Å². The third-order valence-corrected chi connectivity index (χ3v) is 4.09. The fraction of sp³-hybridized carbons (Fsp3) is 0.600. The van der Waals surface area contributed by atoms with Crippen molar-refractivity contribution in [1.82, 2.24) is 9.88 Å². The van der Waals surface area contributed by atoms with Crippen molar-refractivity contribution >= 4 is 11.8 Å². The highest BCUT2D eigenvalue weighted by atomic mass is 16.4. The van der Waals surface area contributed by atoms with Gasteiger partial charge in [-0.1, -0.05) is 13.8 Å². The minimum atomic E-state index is -0.922. The third kappa shape index (κ3) is 2.93. The van der Waals surface area contributed by atoms with Crippen LogP contribution in [0, 0.1) is 6.92 Å². The fourth-order valence-corrected chi connectivity index (χ4v) is 2.99. The van der Waals surface area contributed by atoms with Crippen LogP contribution in [0.3, 0.4) is 0 Å². The molecule has 0 saturated carbocycles. The molecule has 1 fully saturated rings. The largest absolute Gasteiger partial charge is 0.478 e. The Morgan fingerprint density at radius 3 is 2.75 bits per heavy atom. The molecule has 1 atom stereocenters. The van der Waals surface area contributed by atoms with Crippen LogP contribution in [0.15, 0.2) is 12.3 Å². The predicted molar refractivity (Wildman–Crippen MR) is 79.5 cm³/mol. The maximum atomic E-state index is 10.9. The summed E-state index contributed by atoms with van der Waals surface area (Å²) in [6, 6.07) is 2.28. The Kier molecular flexibility index (Phi) is 4.60. The molecule has 1 unspecified atom stereocenters. The Balaban J connectivity index is 2.12. The van der Waals surface area contributed by atoms with Gasteiger partial charge in [0.25, 0.3) is 0 Å². The Labute approximate surface area is 120 Å². The van der Waals surface area contributed by atoms with Gasteiger partial charge in [0.05, 0.1) is 5.56 Å². The van der Waals surface area contributed by atoms with Gasteiger partial charge in [0.2, 0.25) is 0 Å². The number of hydrogen-bond donors (Lipinski definition) is 1. The predicted octanol–water partition coefficient (Wildman–Crippen LogP) is 2.01. The van der Waals surface area contributed by atoms with Crippen LogP contribution in [0.5, 0.6) is 0 Å². The average molecular weight is 277 g/mol. The lowest BCUT2D eigenvalue weighted by Crippen LogP contribution is -2.37. The first kappa shape index (κ1) is 14.8. The van der Waals surface area contributed by atoms with Gasteiger partial charge in [-0.2, -0.15) is 0 Å². The van der Waals surface area contributed by atoms with Crippen molar-refractivity contribution in [2.45, 2.75) is 33.2 Å². The second-order valence-electron chi connectivity index (χ2n) is 5.28. The third-order valence-electron chi connectivity index (χ3n) is 4.09. The molecule has 1 N–H and O–H groups in total. The lowest BCUT2D eigenvalue weighted by Gasteiger charge is -2.26. The van der Waals surface area contributed by atoms with E-state index in [1.807, 2.05) is 6.92 Å². The molecule has 0 spiro atoms. The zero-order chi connectivity index (χ0) is 14.7. The van der Waals surface area contributed by atoms with Crippen LogP contribution in [0.2, 0.25) is 0 Å². The highest BCUT2D eigenvalue weighted by Gasteiger charge is 2.27. The van der Waals surface area contributed by atoms with Crippen LogP contribution in [-0.4, -0.2) is 53.2 Å². The molecule has 2 rings (SSSR count). The molecule has 1 aliphatic rings. The van der Waals surface area contributed by atoms with Crippen molar-refractivity contribution in [2.24, 2.45) is 0 Å². The van der Waals surface area contributed by atoms with Gasteiger partial charge in [-0.3, -0.25) is 4.90 Å². The molecule has 1 aromatic rings. The van der Waals surface area contributed by atoms with Crippen LogP contribution in [0.1, 0.15) is 36.2 Å². The van der Waals surface area contributed by atoms with E-state index in [0.717, 1.165) is 44.0 Å². The fourth-order valence-electron chi connectivity index (χ4n) is 2.99. The highest BCUT2D eigenvalue weighted by Crippen LogP contribution is 2.24. The number of carboxylic acids is 1. The minimum Gasteiger partial charge on any atom is -0.478 e. The van der Waals surface area contributed by atoms with E-state index in [1.165, 1.54) is 6.20 Å². The number of hydrogen-bond acceptors (Lipinski definition) is 4. The van der Waals surface area contributed by atoms with Gasteiger partial charge in [0, 0.05) is 25.3 Å². The number of nitrogens with zero attached hydrogens (tertiary/aromatic N) is 3. The molecule has 0 amide bonds. The van der Waals surface area contributed by atoms with Crippen molar-refractivity contribution in [3.8, 4) is 0 Å². The zero-order valence-corrected chi connectivity index (χ0v) is 12.5. The SMILES string of the molecule is CCN(CC)C1CCN(c2ncc(C(=O)O)cc2C)C1. The molecule has 2 heterocycles. The lowest BCUT2D eigenvalue weighted by atomic mass is 10.2. The molecule has 110 valence electrons. The number of rotatable bonds is 5. The number of anilines is 1. The average Bonchev–Trinajstić information content (AvgIpc) is 2.89. The summed E-state index contributed by atoms with van der Waals surface area (Å²) >= 11 is 0. The lowest BCUT2D eigenvalue weighted by molar-refractivity contribution is 0.0696. The van der Waals surface area contributed by atoms with Gasteiger partial charge in [-0.05, 0) is 38.1 Å². The highest BCUT2D eigenvalue weighted by molar-refractivity contribution is 5.87. The standard InChI is InChI=1S/C15H23N3O2/c1-4-17(5-2)13-6-7-18(10-13)14-11(3)8-12(9-16-14)15(19)20/h8-9,13H,4-7,10H2,1-3H3,(H,19,20). The number of likely N-dealkylation sites (N-methyl/N-ethyl adjacent to an activating group) is 1. The first-order valence-corrected chi connectivity index (χ1v) is 7.25. The van der Waals surface area contributed by atoms with Gasteiger partial charge in [0.1, 0.15) is 5.82 Å². The quantitative estimate of drug-likeness (QED) is 0.892. The first-order valence-electron chi connectivity index (χ1n) is 7.25. The number of aromatic carboxylic acids is 1. The Morgan fingerprint density at radius 2 is 2.20 bits per heavy atom. The molecule has 0 bridgehead atoms. The summed E-state index contributed by atoms with van der Waals surface area (Å²) in [5, 5.41) is 8.98. The monoisotopic (exact) mass is 277 g/mol. The smallest absolute Gasteiger partial charge is 0.337 e. The minimum absolute atomic E-state index is 0.255. The van der Waals surface area contributed by atoms with Crippen molar-refractivity contribution in [3.63, 3.8) is 0 Å². The van der Waals surface area contributed by atoms with E-state index >= 15 is 0 Å². The molecule has 20 heavy (non-hydrogen) atoms. The van der Waals surface area contributed by atoms with E-state index in [9.17, 15) is 4.79 Å². The maximum Gasteiger partial charge on any atom is 0.337 e. The summed E-state index contributed by atoms with van der Waals surface area (Å²) in [6.45, 7) is 10.4. The molecule has 1 aliphatic heterocycles. The number of carbonyl (C=O) groups is 1. The number of pyridine rings is 1. The van der Waals surface area contributed by atoms with Crippen LogP contribution < -0.4 is 4.90 Å². The normalized spacial score (nSPS) is 18.8. The van der Waals surface area contributed by atoms with Gasteiger partial charge >= 0.3 is 5.97 Å². The van der Waals surface area contributed by atoms with Gasteiger partial charge < -0.3 is 10.0 Å². The molecule has 0 radical (unpaired) electrons. The summed E-state index contributed by atoms with van der Waals surface area (Å²) in [7, 11) is 0. The van der Waals surface area contributed by atoms with E-state index in [2.05, 4.69) is 28.6 Å². The molecule has 0 aliphatic carbocycles. The van der Waals surface area contributed by atoms with Crippen LogP contribution in [0.4, 0.5) is 5.82 Å². The topological polar surface area (TPSA) is 56.7 Å². The van der Waals surface area contributed by atoms with Crippen LogP contribution in [-0.2, 0) is 0 Å². The van der Waals surface area contributed by atoms with Gasteiger partial charge in [-0.25, -0.2) is 9.78 Å². The molecule has 1 saturated heterocycles. The van der Waals surface area contributed by atoms with Crippen molar-refractivity contribution in [3.05, 3.63) is 23.4 Å². The summed E-state index contributed by atoms with van der Waals surface area (Å²) in [5.41, 5.74) is 1.19. The van der Waals surface area contributed by atoms with Crippen molar-refractivity contribution in [2.75, 3.05) is 31.1 Å². The summed E-state index contributed by atoms with van der Waals surface area (Å²) < 4.78 is 0. The van der Waals surface area contributed by atoms with E-state index in [4.69, 9.17) is 5.11 Å². The van der Waals surface area contributed by atoms with Gasteiger partial charge in [-0.15, -0.1) is 0 Å². The molecular weight excluding hydrogens is 254 g/mol. The van der Waals surface area contributed by atoms with Crippen LogP contribution >= 0.6 is 0 Å². The number of aryl methyl sites for hydroxylation is 1. The second kappa shape index (κ2) is 6.22. The summed E-state index contributed by atoms with van der Waals surface area (Å²) in [6.07, 6.45) is 2.60. The number of carboxylic acid groups (broad SMARTS) is 1. The van der Waals surface area contributed by atoms with Crippen molar-refractivity contribution < 1.29 is 9.90 Å². The Hall–Kier alpha value is -1.62. The molecule has 0 aromatic carbocycles. The summed E-state index contributed by atoms with van der Waals surface area (Å²) in [4.78, 5) is 20.0. The Morgan fingerprint density at radius 1 is 1.50 bits per heavy atom. The first-order chi connectivity index (χ1) is 9.56. The second-order valence-corrected chi connectivity index (χ2v) is 5.28. The van der Waals surface area contributed by atoms with E-state index in [1.54, 1.807) is 6.07 Å². The molecule has 5 nitrogen and oxygen atoms in total. The molecule has 1 aromatic heterocycles. The molecular formula is C15H23N3O2. The van der Waals surface area contributed by atoms with Gasteiger partial charge in [0.15, 0.2) is 0 Å². The van der Waals surface area contributed by atoms with E-state index in [-0.39, 0.29) is 5.56 Å². The van der Waals surface area contributed by atoms with E-state index < -0.39 is 5.97 Å². The Bertz CT molecular complexity index is 486. The van der Waals surface area contributed by atoms with E-state index in [0.29, 0.717) is 6.04 Å².